The van der Waals surface area contributed by atoms with Crippen LogP contribution >= 0.6 is 0 Å². The van der Waals surface area contributed by atoms with Crippen LogP contribution in [-0.2, 0) is 6.42 Å². The zero-order valence-corrected chi connectivity index (χ0v) is 19.5. The van der Waals surface area contributed by atoms with Crippen molar-refractivity contribution in [2.45, 2.75) is 26.2 Å². The number of hydrogen-bond acceptors (Lipinski definition) is 5. The van der Waals surface area contributed by atoms with Gasteiger partial charge in [0.05, 0.1) is 25.1 Å². The Bertz CT molecular complexity index is 1380. The maximum Gasteiger partial charge on any atom is 0.280 e. The molecule has 7 heteroatoms. The number of hydrogen-bond donors (Lipinski definition) is 1. The zero-order valence-electron chi connectivity index (χ0n) is 19.5. The fraction of sp³-hybridized carbons (Fsp3) is 0.222. The molecule has 0 unspecified atom stereocenters. The molecule has 0 spiro atoms. The average molecular weight is 458 g/mol. The number of methoxy groups -OCH3 is 2. The van der Waals surface area contributed by atoms with E-state index in [0.717, 1.165) is 19.3 Å². The molecule has 0 saturated carbocycles. The summed E-state index contributed by atoms with van der Waals surface area (Å²) in [5.74, 6) is 0.927. The number of carbonyl (C=O) groups is 1. The number of para-hydroxylation sites is 1. The van der Waals surface area contributed by atoms with Crippen LogP contribution in [0.1, 0.15) is 35.7 Å². The van der Waals surface area contributed by atoms with Crippen molar-refractivity contribution in [3.63, 3.8) is 0 Å². The van der Waals surface area contributed by atoms with E-state index >= 15 is 0 Å². The molecule has 0 radical (unpaired) electrons. The van der Waals surface area contributed by atoms with Gasteiger partial charge in [-0.15, -0.1) is 0 Å². The van der Waals surface area contributed by atoms with E-state index in [2.05, 4.69) is 17.3 Å². The second-order valence-corrected chi connectivity index (χ2v) is 7.90. The first-order valence-corrected chi connectivity index (χ1v) is 11.2. The summed E-state index contributed by atoms with van der Waals surface area (Å²) in [4.78, 5) is 31.2. The summed E-state index contributed by atoms with van der Waals surface area (Å²) >= 11 is 0. The van der Waals surface area contributed by atoms with Gasteiger partial charge < -0.3 is 9.47 Å². The van der Waals surface area contributed by atoms with Gasteiger partial charge in [0.15, 0.2) is 17.3 Å². The maximum atomic E-state index is 13.4. The van der Waals surface area contributed by atoms with Crippen LogP contribution in [0.3, 0.4) is 0 Å². The van der Waals surface area contributed by atoms with Gasteiger partial charge in [-0.3, -0.25) is 15.0 Å². The molecular weight excluding hydrogens is 430 g/mol. The number of nitrogens with one attached hydrogen (secondary N) is 1. The number of aryl methyl sites for hydroxylation is 1. The van der Waals surface area contributed by atoms with Crippen LogP contribution in [-0.4, -0.2) is 29.8 Å². The minimum atomic E-state index is -0.400. The summed E-state index contributed by atoms with van der Waals surface area (Å²) in [5, 5.41) is 0.405. The largest absolute Gasteiger partial charge is 0.493 e. The van der Waals surface area contributed by atoms with Crippen molar-refractivity contribution in [2.24, 2.45) is 0 Å². The molecule has 3 aromatic carbocycles. The molecule has 7 nitrogen and oxygen atoms in total. The summed E-state index contributed by atoms with van der Waals surface area (Å²) in [6, 6.07) is 19.7. The molecule has 1 heterocycles. The summed E-state index contributed by atoms with van der Waals surface area (Å²) in [6.45, 7) is 2.15. The standard InChI is InChI=1S/C27H27N3O4/c1-4-5-8-18-11-13-19(14-12-18)26(31)29-30-25(20-15-16-23(33-2)24(17-20)34-3)28-22-10-7-6-9-21(22)27(30)32/h6-7,9-17H,4-5,8H2,1-3H3,(H,29,31). The predicted octanol–water partition coefficient (Wildman–Crippen LogP) is 4.81. The number of unbranched alkanes of at least 4 members (excludes halogenated alkanes) is 1. The van der Waals surface area contributed by atoms with Crippen molar-refractivity contribution in [3.05, 3.63) is 88.2 Å². The number of amides is 1. The number of benzene rings is 3. The number of carbonyl (C=O) groups excluding carboxylic acids is 1. The van der Waals surface area contributed by atoms with E-state index in [0.29, 0.717) is 33.5 Å². The molecule has 4 aromatic rings. The van der Waals surface area contributed by atoms with E-state index in [1.807, 2.05) is 18.2 Å². The molecule has 0 aliphatic rings. The van der Waals surface area contributed by atoms with Gasteiger partial charge in [-0.2, -0.15) is 4.68 Å². The molecule has 1 aromatic heterocycles. The lowest BCUT2D eigenvalue weighted by Crippen LogP contribution is -2.35. The molecule has 0 aliphatic heterocycles. The molecule has 0 bridgehead atoms. The van der Waals surface area contributed by atoms with Gasteiger partial charge in [0.2, 0.25) is 0 Å². The summed E-state index contributed by atoms with van der Waals surface area (Å²) in [7, 11) is 3.09. The highest BCUT2D eigenvalue weighted by Gasteiger charge is 2.17. The van der Waals surface area contributed by atoms with Gasteiger partial charge in [-0.1, -0.05) is 37.6 Å². The summed E-state index contributed by atoms with van der Waals surface area (Å²) in [6.07, 6.45) is 3.17. The number of ether oxygens (including phenoxy) is 2. The topological polar surface area (TPSA) is 82.5 Å². The van der Waals surface area contributed by atoms with Crippen LogP contribution in [0, 0.1) is 0 Å². The van der Waals surface area contributed by atoms with E-state index < -0.39 is 5.91 Å². The van der Waals surface area contributed by atoms with Gasteiger partial charge in [-0.05, 0) is 60.9 Å². The zero-order chi connectivity index (χ0) is 24.1. The van der Waals surface area contributed by atoms with Crippen LogP contribution in [0.5, 0.6) is 11.5 Å². The smallest absolute Gasteiger partial charge is 0.280 e. The lowest BCUT2D eigenvalue weighted by Gasteiger charge is -2.16. The molecule has 1 N–H and O–H groups in total. The molecule has 0 atom stereocenters. The van der Waals surface area contributed by atoms with Crippen LogP contribution in [0.2, 0.25) is 0 Å². The van der Waals surface area contributed by atoms with E-state index in [1.54, 1.807) is 55.6 Å². The molecular formula is C27H27N3O4. The first-order chi connectivity index (χ1) is 16.5. The second-order valence-electron chi connectivity index (χ2n) is 7.90. The Morgan fingerprint density at radius 2 is 1.71 bits per heavy atom. The first-order valence-electron chi connectivity index (χ1n) is 11.2. The molecule has 0 saturated heterocycles. The quantitative estimate of drug-likeness (QED) is 0.411. The number of fused-ring (bicyclic) bond motifs is 1. The monoisotopic (exact) mass is 457 g/mol. The van der Waals surface area contributed by atoms with Crippen molar-refractivity contribution < 1.29 is 14.3 Å². The van der Waals surface area contributed by atoms with Crippen molar-refractivity contribution >= 4 is 16.8 Å². The number of rotatable bonds is 8. The SMILES string of the molecule is CCCCc1ccc(C(=O)Nn2c(-c3ccc(OC)c(OC)c3)nc3ccccc3c2=O)cc1. The lowest BCUT2D eigenvalue weighted by atomic mass is 10.1. The Hall–Kier alpha value is -4.13. The third-order valence-electron chi connectivity index (χ3n) is 5.67. The van der Waals surface area contributed by atoms with Crippen molar-refractivity contribution in [1.82, 2.24) is 9.66 Å². The number of aromatic nitrogens is 2. The molecule has 34 heavy (non-hydrogen) atoms. The first kappa shape index (κ1) is 23.0. The van der Waals surface area contributed by atoms with E-state index in [9.17, 15) is 9.59 Å². The van der Waals surface area contributed by atoms with Crippen LogP contribution in [0.25, 0.3) is 22.3 Å². The van der Waals surface area contributed by atoms with Crippen LogP contribution < -0.4 is 20.5 Å². The van der Waals surface area contributed by atoms with Crippen LogP contribution in [0.4, 0.5) is 0 Å². The fourth-order valence-electron chi connectivity index (χ4n) is 3.78. The van der Waals surface area contributed by atoms with Gasteiger partial charge in [0, 0.05) is 11.1 Å². The Morgan fingerprint density at radius 1 is 0.971 bits per heavy atom. The summed E-state index contributed by atoms with van der Waals surface area (Å²) in [5.41, 5.74) is 5.13. The predicted molar refractivity (Wildman–Crippen MR) is 133 cm³/mol. The Labute approximate surface area is 198 Å². The number of nitrogens with zero attached hydrogens (tertiary/aromatic N) is 2. The normalized spacial score (nSPS) is 10.8. The highest BCUT2D eigenvalue weighted by atomic mass is 16.5. The van der Waals surface area contributed by atoms with Crippen LogP contribution in [0.15, 0.2) is 71.5 Å². The molecule has 0 aliphatic carbocycles. The highest BCUT2D eigenvalue weighted by molar-refractivity contribution is 6.00. The van der Waals surface area contributed by atoms with E-state index in [1.165, 1.54) is 17.3 Å². The fourth-order valence-corrected chi connectivity index (χ4v) is 3.78. The third kappa shape index (κ3) is 4.64. The minimum Gasteiger partial charge on any atom is -0.493 e. The highest BCUT2D eigenvalue weighted by Crippen LogP contribution is 2.31. The van der Waals surface area contributed by atoms with E-state index in [4.69, 9.17) is 9.47 Å². The molecule has 4 rings (SSSR count). The Morgan fingerprint density at radius 3 is 2.41 bits per heavy atom. The second kappa shape index (κ2) is 10.2. The average Bonchev–Trinajstić information content (AvgIpc) is 2.88. The third-order valence-corrected chi connectivity index (χ3v) is 5.67. The van der Waals surface area contributed by atoms with Gasteiger partial charge in [0.1, 0.15) is 0 Å². The lowest BCUT2D eigenvalue weighted by molar-refractivity contribution is 0.101. The van der Waals surface area contributed by atoms with Crippen molar-refractivity contribution in [2.75, 3.05) is 19.6 Å². The Kier molecular flexibility index (Phi) is 6.92. The molecule has 1 amide bonds. The molecule has 0 fully saturated rings. The van der Waals surface area contributed by atoms with Gasteiger partial charge >= 0.3 is 0 Å². The maximum absolute atomic E-state index is 13.4. The van der Waals surface area contributed by atoms with Crippen molar-refractivity contribution in [1.29, 1.82) is 0 Å². The molecule has 174 valence electrons. The Balaban J connectivity index is 1.78. The van der Waals surface area contributed by atoms with Gasteiger partial charge in [-0.25, -0.2) is 4.98 Å². The summed E-state index contributed by atoms with van der Waals surface area (Å²) < 4.78 is 11.9. The minimum absolute atomic E-state index is 0.289. The van der Waals surface area contributed by atoms with Gasteiger partial charge in [0.25, 0.3) is 11.5 Å². The van der Waals surface area contributed by atoms with Crippen molar-refractivity contribution in [3.8, 4) is 22.9 Å². The van der Waals surface area contributed by atoms with E-state index in [-0.39, 0.29) is 11.4 Å².